The number of hydrogen-bond donors (Lipinski definition) is 2. The van der Waals surface area contributed by atoms with Crippen LogP contribution in [0, 0.1) is 0 Å². The van der Waals surface area contributed by atoms with E-state index in [9.17, 15) is 9.59 Å². The first-order valence-corrected chi connectivity index (χ1v) is 6.87. The fraction of sp³-hybridized carbons (Fsp3) is 0.357. The third kappa shape index (κ3) is 2.10. The van der Waals surface area contributed by atoms with Crippen LogP contribution in [0.5, 0.6) is 0 Å². The summed E-state index contributed by atoms with van der Waals surface area (Å²) in [6.45, 7) is 3.09. The first-order valence-electron chi connectivity index (χ1n) is 6.87. The molecule has 4 N–H and O–H groups in total. The molecule has 3 rings (SSSR count). The van der Waals surface area contributed by atoms with Crippen LogP contribution in [0.4, 0.5) is 11.5 Å². The molecule has 0 radical (unpaired) electrons. The summed E-state index contributed by atoms with van der Waals surface area (Å²) in [6, 6.07) is 0. The topological polar surface area (TPSA) is 108 Å². The second kappa shape index (κ2) is 4.76. The molecule has 1 aliphatic heterocycles. The number of nitrogen functional groups attached to an aromatic ring is 1. The molecule has 110 valence electrons. The minimum absolute atomic E-state index is 0.176. The molecule has 0 fully saturated rings. The van der Waals surface area contributed by atoms with Crippen molar-refractivity contribution >= 4 is 23.0 Å². The number of carbonyl (C=O) groups excluding carboxylic acids is 1. The Balaban J connectivity index is 2.15. The van der Waals surface area contributed by atoms with E-state index >= 15 is 0 Å². The molecule has 0 saturated heterocycles. The Bertz CT molecular complexity index is 752. The molecule has 0 amide bonds. The van der Waals surface area contributed by atoms with Crippen LogP contribution in [-0.2, 0) is 17.9 Å². The number of ketones is 1. The van der Waals surface area contributed by atoms with E-state index in [1.54, 1.807) is 16.3 Å². The molecule has 0 aromatic carbocycles. The van der Waals surface area contributed by atoms with Gasteiger partial charge in [0.2, 0.25) is 0 Å². The van der Waals surface area contributed by atoms with E-state index in [0.717, 1.165) is 12.8 Å². The van der Waals surface area contributed by atoms with Gasteiger partial charge in [-0.2, -0.15) is 0 Å². The molecule has 0 saturated carbocycles. The number of aromatic nitrogens is 2. The predicted octanol–water partition coefficient (Wildman–Crippen LogP) is 0.470. The number of carbonyl (C=O) groups is 1. The molecule has 21 heavy (non-hydrogen) atoms. The van der Waals surface area contributed by atoms with Gasteiger partial charge in [-0.25, -0.2) is 9.67 Å². The number of anilines is 1. The van der Waals surface area contributed by atoms with Gasteiger partial charge in [0.1, 0.15) is 0 Å². The molecule has 7 nitrogen and oxygen atoms in total. The van der Waals surface area contributed by atoms with Crippen molar-refractivity contribution in [2.24, 2.45) is 10.7 Å². The Kier molecular flexibility index (Phi) is 3.04. The molecule has 0 atom stereocenters. The summed E-state index contributed by atoms with van der Waals surface area (Å²) in [5.74, 6) is 0.175. The SMILES string of the molecule is CC1=CC(=O)C=C(N)/C1=N\c1c(N)n2n(c1=O)CCCC2. The normalized spacial score (nSPS) is 20.2. The Morgan fingerprint density at radius 3 is 2.38 bits per heavy atom. The van der Waals surface area contributed by atoms with Crippen molar-refractivity contribution in [3.63, 3.8) is 0 Å². The van der Waals surface area contributed by atoms with Gasteiger partial charge in [0.15, 0.2) is 17.3 Å². The van der Waals surface area contributed by atoms with Crippen LogP contribution in [0.15, 0.2) is 33.2 Å². The number of fused-ring (bicyclic) bond motifs is 1. The molecule has 0 unspecified atom stereocenters. The van der Waals surface area contributed by atoms with Gasteiger partial charge in [0, 0.05) is 19.2 Å². The van der Waals surface area contributed by atoms with Gasteiger partial charge in [-0.3, -0.25) is 14.3 Å². The van der Waals surface area contributed by atoms with Crippen LogP contribution in [0.2, 0.25) is 0 Å². The number of nitrogens with two attached hydrogens (primary N) is 2. The zero-order chi connectivity index (χ0) is 15.1. The maximum atomic E-state index is 12.4. The smallest absolute Gasteiger partial charge is 0.294 e. The molecule has 0 spiro atoms. The molecule has 1 aromatic heterocycles. The maximum Gasteiger partial charge on any atom is 0.294 e. The van der Waals surface area contributed by atoms with Gasteiger partial charge >= 0.3 is 0 Å². The molecule has 2 heterocycles. The summed E-state index contributed by atoms with van der Waals surface area (Å²) in [6.07, 6.45) is 4.69. The quantitative estimate of drug-likeness (QED) is 0.732. The molecule has 2 aliphatic rings. The van der Waals surface area contributed by atoms with Crippen LogP contribution in [0.3, 0.4) is 0 Å². The number of allylic oxidation sites excluding steroid dienone is 3. The predicted molar refractivity (Wildman–Crippen MR) is 80.5 cm³/mol. The molecule has 7 heteroatoms. The van der Waals surface area contributed by atoms with E-state index in [0.29, 0.717) is 30.2 Å². The average molecular weight is 287 g/mol. The number of aliphatic imine (C=N–C) groups is 1. The zero-order valence-electron chi connectivity index (χ0n) is 11.8. The number of hydrogen-bond acceptors (Lipinski definition) is 5. The summed E-state index contributed by atoms with van der Waals surface area (Å²) in [4.78, 5) is 28.1. The molecule has 0 bridgehead atoms. The largest absolute Gasteiger partial charge is 0.397 e. The number of rotatable bonds is 1. The third-order valence-corrected chi connectivity index (χ3v) is 3.77. The second-order valence-corrected chi connectivity index (χ2v) is 5.28. The minimum atomic E-state index is -0.211. The van der Waals surface area contributed by atoms with E-state index in [1.807, 2.05) is 0 Å². The zero-order valence-corrected chi connectivity index (χ0v) is 11.8. The van der Waals surface area contributed by atoms with Crippen LogP contribution >= 0.6 is 0 Å². The van der Waals surface area contributed by atoms with E-state index in [2.05, 4.69) is 4.99 Å². The standard InChI is InChI=1S/C14H17N5O2/c1-8-6-9(20)7-10(15)11(8)17-12-13(16)18-4-2-3-5-19(18)14(12)21/h6-7H,2-5,15-16H2,1H3/b17-11-. The first-order chi connectivity index (χ1) is 9.99. The average Bonchev–Trinajstić information content (AvgIpc) is 2.67. The van der Waals surface area contributed by atoms with Gasteiger partial charge in [0.05, 0.1) is 11.4 Å². The lowest BCUT2D eigenvalue weighted by molar-refractivity contribution is -0.110. The van der Waals surface area contributed by atoms with Gasteiger partial charge in [-0.1, -0.05) is 0 Å². The van der Waals surface area contributed by atoms with Gasteiger partial charge in [0.25, 0.3) is 5.56 Å². The van der Waals surface area contributed by atoms with Crippen LogP contribution in [0.25, 0.3) is 0 Å². The fourth-order valence-electron chi connectivity index (χ4n) is 2.72. The summed E-state index contributed by atoms with van der Waals surface area (Å²) >= 11 is 0. The lowest BCUT2D eigenvalue weighted by Gasteiger charge is -2.17. The summed E-state index contributed by atoms with van der Waals surface area (Å²) in [5.41, 5.74) is 13.2. The summed E-state index contributed by atoms with van der Waals surface area (Å²) in [7, 11) is 0. The Hall–Kier alpha value is -2.57. The molecular formula is C14H17N5O2. The van der Waals surface area contributed by atoms with E-state index in [4.69, 9.17) is 11.5 Å². The highest BCUT2D eigenvalue weighted by molar-refractivity contribution is 6.22. The second-order valence-electron chi connectivity index (χ2n) is 5.28. The Morgan fingerprint density at radius 2 is 1.76 bits per heavy atom. The lowest BCUT2D eigenvalue weighted by Crippen LogP contribution is -2.27. The van der Waals surface area contributed by atoms with Crippen LogP contribution < -0.4 is 17.0 Å². The molecule has 1 aliphatic carbocycles. The summed E-state index contributed by atoms with van der Waals surface area (Å²) < 4.78 is 3.38. The van der Waals surface area contributed by atoms with Gasteiger partial charge in [-0.15, -0.1) is 0 Å². The van der Waals surface area contributed by atoms with Crippen molar-refractivity contribution in [2.75, 3.05) is 5.73 Å². The minimum Gasteiger partial charge on any atom is -0.397 e. The first kappa shape index (κ1) is 13.4. The fourth-order valence-corrected chi connectivity index (χ4v) is 2.72. The van der Waals surface area contributed by atoms with Crippen molar-refractivity contribution < 1.29 is 4.79 Å². The maximum absolute atomic E-state index is 12.4. The third-order valence-electron chi connectivity index (χ3n) is 3.77. The van der Waals surface area contributed by atoms with Gasteiger partial charge < -0.3 is 11.5 Å². The highest BCUT2D eigenvalue weighted by Gasteiger charge is 2.22. The monoisotopic (exact) mass is 287 g/mol. The van der Waals surface area contributed by atoms with Crippen molar-refractivity contribution in [3.05, 3.63) is 33.8 Å². The van der Waals surface area contributed by atoms with Gasteiger partial charge in [-0.05, 0) is 31.4 Å². The van der Waals surface area contributed by atoms with Crippen molar-refractivity contribution in [1.82, 2.24) is 9.36 Å². The molecule has 1 aromatic rings. The Morgan fingerprint density at radius 1 is 1.10 bits per heavy atom. The summed E-state index contributed by atoms with van der Waals surface area (Å²) in [5, 5.41) is 0. The van der Waals surface area contributed by atoms with Crippen LogP contribution in [0.1, 0.15) is 19.8 Å². The van der Waals surface area contributed by atoms with E-state index in [1.165, 1.54) is 12.2 Å². The highest BCUT2D eigenvalue weighted by Crippen LogP contribution is 2.24. The van der Waals surface area contributed by atoms with Crippen molar-refractivity contribution in [1.29, 1.82) is 0 Å². The highest BCUT2D eigenvalue weighted by atomic mass is 16.1. The molecular weight excluding hydrogens is 270 g/mol. The van der Waals surface area contributed by atoms with E-state index < -0.39 is 0 Å². The lowest BCUT2D eigenvalue weighted by atomic mass is 10.0. The van der Waals surface area contributed by atoms with Crippen LogP contribution in [-0.4, -0.2) is 20.9 Å². The van der Waals surface area contributed by atoms with E-state index in [-0.39, 0.29) is 22.7 Å². The Labute approximate surface area is 121 Å². The number of nitrogens with zero attached hydrogens (tertiary/aromatic N) is 3. The van der Waals surface area contributed by atoms with Crippen molar-refractivity contribution in [2.45, 2.75) is 32.9 Å². The van der Waals surface area contributed by atoms with Crippen molar-refractivity contribution in [3.8, 4) is 0 Å².